The number of hydrogen-bond donors (Lipinski definition) is 2. The Kier molecular flexibility index (Phi) is 3.38. The molecule has 0 radical (unpaired) electrons. The van der Waals surface area contributed by atoms with Gasteiger partial charge >= 0.3 is 0 Å². The van der Waals surface area contributed by atoms with E-state index < -0.39 is 0 Å². The number of rotatable bonds is 2. The molecule has 4 nitrogen and oxygen atoms in total. The first kappa shape index (κ1) is 10.6. The smallest absolute Gasteiger partial charge is 0.224 e. The molecule has 1 aromatic rings. The second-order valence-corrected chi connectivity index (χ2v) is 4.29. The minimum atomic E-state index is 0.196. The zero-order valence-corrected chi connectivity index (χ0v) is 9.24. The highest BCUT2D eigenvalue weighted by atomic mass is 35.5. The topological polar surface area (TPSA) is 63.8 Å². The van der Waals surface area contributed by atoms with E-state index in [4.69, 9.17) is 17.3 Å². The maximum absolute atomic E-state index is 6.01. The number of aromatic nitrogens is 2. The molecule has 0 amide bonds. The molecule has 0 aliphatic heterocycles. The Morgan fingerprint density at radius 2 is 2.20 bits per heavy atom. The van der Waals surface area contributed by atoms with Gasteiger partial charge < -0.3 is 11.1 Å². The molecule has 2 rings (SSSR count). The average Bonchev–Trinajstić information content (AvgIpc) is 2.22. The molecule has 0 saturated heterocycles. The van der Waals surface area contributed by atoms with Crippen molar-refractivity contribution in [2.24, 2.45) is 5.73 Å². The SMILES string of the molecule is N[C@@H]1CCCC[C@@H]1Nc1nccc(Cl)n1. The van der Waals surface area contributed by atoms with E-state index in [-0.39, 0.29) is 12.1 Å². The molecule has 0 unspecified atom stereocenters. The summed E-state index contributed by atoms with van der Waals surface area (Å²) in [6.07, 6.45) is 6.23. The summed E-state index contributed by atoms with van der Waals surface area (Å²) in [6.45, 7) is 0. The molecule has 1 aliphatic rings. The highest BCUT2D eigenvalue weighted by molar-refractivity contribution is 6.29. The van der Waals surface area contributed by atoms with Crippen LogP contribution in [-0.2, 0) is 0 Å². The van der Waals surface area contributed by atoms with Gasteiger partial charge in [-0.3, -0.25) is 0 Å². The quantitative estimate of drug-likeness (QED) is 0.755. The number of nitrogens with one attached hydrogen (secondary N) is 1. The molecule has 1 saturated carbocycles. The van der Waals surface area contributed by atoms with E-state index in [1.54, 1.807) is 12.3 Å². The molecule has 1 heterocycles. The van der Waals surface area contributed by atoms with Crippen molar-refractivity contribution in [1.29, 1.82) is 0 Å². The van der Waals surface area contributed by atoms with E-state index in [0.717, 1.165) is 12.8 Å². The van der Waals surface area contributed by atoms with Crippen LogP contribution in [0.5, 0.6) is 0 Å². The van der Waals surface area contributed by atoms with E-state index in [0.29, 0.717) is 11.1 Å². The van der Waals surface area contributed by atoms with Crippen molar-refractivity contribution in [3.8, 4) is 0 Å². The van der Waals surface area contributed by atoms with Crippen LogP contribution < -0.4 is 11.1 Å². The molecule has 1 aliphatic carbocycles. The van der Waals surface area contributed by atoms with Crippen LogP contribution in [-0.4, -0.2) is 22.1 Å². The molecule has 0 aromatic carbocycles. The highest BCUT2D eigenvalue weighted by Crippen LogP contribution is 2.19. The molecule has 1 fully saturated rings. The van der Waals surface area contributed by atoms with Crippen LogP contribution in [0.1, 0.15) is 25.7 Å². The van der Waals surface area contributed by atoms with Crippen LogP contribution in [0.25, 0.3) is 0 Å². The predicted molar refractivity (Wildman–Crippen MR) is 60.9 cm³/mol. The number of hydrogen-bond acceptors (Lipinski definition) is 4. The first-order valence-electron chi connectivity index (χ1n) is 5.26. The Balaban J connectivity index is 2.01. The lowest BCUT2D eigenvalue weighted by atomic mass is 9.91. The van der Waals surface area contributed by atoms with Gasteiger partial charge in [0.05, 0.1) is 0 Å². The van der Waals surface area contributed by atoms with E-state index in [1.165, 1.54) is 12.8 Å². The van der Waals surface area contributed by atoms with Crippen molar-refractivity contribution in [2.45, 2.75) is 37.8 Å². The number of nitrogens with two attached hydrogens (primary N) is 1. The zero-order valence-electron chi connectivity index (χ0n) is 8.49. The summed E-state index contributed by atoms with van der Waals surface area (Å²) in [4.78, 5) is 8.20. The molecule has 15 heavy (non-hydrogen) atoms. The van der Waals surface area contributed by atoms with Gasteiger partial charge in [-0.15, -0.1) is 0 Å². The third-order valence-electron chi connectivity index (χ3n) is 2.76. The normalized spacial score (nSPS) is 26.3. The van der Waals surface area contributed by atoms with Crippen molar-refractivity contribution < 1.29 is 0 Å². The van der Waals surface area contributed by atoms with Gasteiger partial charge in [0.1, 0.15) is 5.15 Å². The molecule has 2 atom stereocenters. The summed E-state index contributed by atoms with van der Waals surface area (Å²) in [5, 5.41) is 3.70. The Morgan fingerprint density at radius 3 is 2.93 bits per heavy atom. The van der Waals surface area contributed by atoms with Crippen LogP contribution in [0.4, 0.5) is 5.95 Å². The summed E-state index contributed by atoms with van der Waals surface area (Å²) in [5.74, 6) is 0.574. The van der Waals surface area contributed by atoms with Crippen molar-refractivity contribution in [1.82, 2.24) is 9.97 Å². The third-order valence-corrected chi connectivity index (χ3v) is 2.97. The van der Waals surface area contributed by atoms with Crippen LogP contribution in [0.2, 0.25) is 5.15 Å². The number of anilines is 1. The fourth-order valence-corrected chi connectivity index (χ4v) is 2.05. The largest absolute Gasteiger partial charge is 0.350 e. The minimum absolute atomic E-state index is 0.196. The monoisotopic (exact) mass is 226 g/mol. The Hall–Kier alpha value is -0.870. The molecule has 1 aromatic heterocycles. The maximum atomic E-state index is 6.01. The molecule has 0 bridgehead atoms. The summed E-state index contributed by atoms with van der Waals surface area (Å²) < 4.78 is 0. The minimum Gasteiger partial charge on any atom is -0.350 e. The van der Waals surface area contributed by atoms with Crippen molar-refractivity contribution in [3.63, 3.8) is 0 Å². The van der Waals surface area contributed by atoms with Crippen LogP contribution in [0.15, 0.2) is 12.3 Å². The van der Waals surface area contributed by atoms with Gasteiger partial charge in [0.15, 0.2) is 0 Å². The third kappa shape index (κ3) is 2.79. The van der Waals surface area contributed by atoms with E-state index >= 15 is 0 Å². The van der Waals surface area contributed by atoms with Crippen LogP contribution >= 0.6 is 11.6 Å². The van der Waals surface area contributed by atoms with Crippen molar-refractivity contribution in [3.05, 3.63) is 17.4 Å². The van der Waals surface area contributed by atoms with Gasteiger partial charge in [-0.2, -0.15) is 0 Å². The van der Waals surface area contributed by atoms with Gasteiger partial charge in [-0.1, -0.05) is 24.4 Å². The molecular formula is C10H15ClN4. The van der Waals surface area contributed by atoms with Gasteiger partial charge in [0.25, 0.3) is 0 Å². The van der Waals surface area contributed by atoms with E-state index in [2.05, 4.69) is 15.3 Å². The molecule has 5 heteroatoms. The molecule has 0 spiro atoms. The van der Waals surface area contributed by atoms with Gasteiger partial charge in [-0.25, -0.2) is 9.97 Å². The summed E-state index contributed by atoms with van der Waals surface area (Å²) in [5.41, 5.74) is 6.01. The lowest BCUT2D eigenvalue weighted by molar-refractivity contribution is 0.402. The second-order valence-electron chi connectivity index (χ2n) is 3.90. The summed E-state index contributed by atoms with van der Waals surface area (Å²) in [6, 6.07) is 2.13. The zero-order chi connectivity index (χ0) is 10.7. The van der Waals surface area contributed by atoms with Crippen LogP contribution in [0.3, 0.4) is 0 Å². The van der Waals surface area contributed by atoms with Crippen molar-refractivity contribution in [2.75, 3.05) is 5.32 Å². The molecular weight excluding hydrogens is 212 g/mol. The second kappa shape index (κ2) is 4.77. The maximum Gasteiger partial charge on any atom is 0.224 e. The Bertz CT molecular complexity index is 331. The molecule has 3 N–H and O–H groups in total. The number of halogens is 1. The predicted octanol–water partition coefficient (Wildman–Crippen LogP) is 1.81. The van der Waals surface area contributed by atoms with E-state index in [1.807, 2.05) is 0 Å². The van der Waals surface area contributed by atoms with Gasteiger partial charge in [0, 0.05) is 18.3 Å². The summed E-state index contributed by atoms with van der Waals surface area (Å²) >= 11 is 5.78. The average molecular weight is 227 g/mol. The van der Waals surface area contributed by atoms with Gasteiger partial charge in [0.2, 0.25) is 5.95 Å². The fourth-order valence-electron chi connectivity index (χ4n) is 1.91. The fraction of sp³-hybridized carbons (Fsp3) is 0.600. The highest BCUT2D eigenvalue weighted by Gasteiger charge is 2.22. The lowest BCUT2D eigenvalue weighted by Crippen LogP contribution is -2.42. The van der Waals surface area contributed by atoms with E-state index in [9.17, 15) is 0 Å². The first-order valence-corrected chi connectivity index (χ1v) is 5.64. The Labute approximate surface area is 94.2 Å². The molecule has 82 valence electrons. The Morgan fingerprint density at radius 1 is 1.40 bits per heavy atom. The summed E-state index contributed by atoms with van der Waals surface area (Å²) in [7, 11) is 0. The number of nitrogens with zero attached hydrogens (tertiary/aromatic N) is 2. The standard InChI is InChI=1S/C10H15ClN4/c11-9-5-6-13-10(15-9)14-8-4-2-1-3-7(8)12/h5-8H,1-4,12H2,(H,13,14,15)/t7-,8+/m1/s1. The lowest BCUT2D eigenvalue weighted by Gasteiger charge is -2.29. The first-order chi connectivity index (χ1) is 7.25. The van der Waals surface area contributed by atoms with Crippen LogP contribution in [0, 0.1) is 0 Å². The van der Waals surface area contributed by atoms with Gasteiger partial charge in [-0.05, 0) is 18.9 Å². The van der Waals surface area contributed by atoms with Crippen molar-refractivity contribution >= 4 is 17.5 Å².